The Morgan fingerprint density at radius 2 is 1.90 bits per heavy atom. The van der Waals surface area contributed by atoms with Gasteiger partial charge in [-0.2, -0.15) is 0 Å². The summed E-state index contributed by atoms with van der Waals surface area (Å²) >= 11 is 0. The normalized spacial score (nSPS) is 11.5. The number of hydrogen-bond acceptors (Lipinski definition) is 3. The smallest absolute Gasteiger partial charge is 0.410 e. The highest BCUT2D eigenvalue weighted by molar-refractivity contribution is 5.86. The van der Waals surface area contributed by atoms with E-state index in [0.717, 1.165) is 22.2 Å². The van der Waals surface area contributed by atoms with Gasteiger partial charge in [-0.25, -0.2) is 9.18 Å². The van der Waals surface area contributed by atoms with Crippen LogP contribution >= 0.6 is 0 Å². The lowest BCUT2D eigenvalue weighted by Crippen LogP contribution is -2.36. The number of benzene rings is 2. The highest BCUT2D eigenvalue weighted by Crippen LogP contribution is 2.27. The second-order valence-electron chi connectivity index (χ2n) is 8.01. The molecule has 0 fully saturated rings. The van der Waals surface area contributed by atoms with E-state index in [1.807, 2.05) is 57.3 Å². The first kappa shape index (κ1) is 20.7. The van der Waals surface area contributed by atoms with Crippen LogP contribution in [-0.2, 0) is 11.3 Å². The van der Waals surface area contributed by atoms with Gasteiger partial charge in [0.25, 0.3) is 0 Å². The maximum atomic E-state index is 13.5. The molecule has 0 atom stereocenters. The first-order chi connectivity index (χ1) is 13.7. The van der Waals surface area contributed by atoms with Crippen LogP contribution in [0.25, 0.3) is 10.9 Å². The third-order valence-electron chi connectivity index (χ3n) is 4.41. The molecular weight excluding hydrogens is 371 g/mol. The highest BCUT2D eigenvalue weighted by Gasteiger charge is 2.19. The van der Waals surface area contributed by atoms with Crippen LogP contribution in [0.3, 0.4) is 0 Å². The minimum absolute atomic E-state index is 0.239. The molecule has 0 unspecified atom stereocenters. The summed E-state index contributed by atoms with van der Waals surface area (Å²) in [7, 11) is 1.69. The van der Waals surface area contributed by atoms with Gasteiger partial charge in [0.15, 0.2) is 0 Å². The Balaban J connectivity index is 1.65. The Bertz CT molecular complexity index is 991. The number of likely N-dealkylation sites (N-methyl/N-ethyl adjacent to an activating group) is 1. The number of nitrogens with zero attached hydrogens (tertiary/aromatic N) is 2. The fraction of sp³-hybridized carbons (Fsp3) is 0.348. The zero-order valence-corrected chi connectivity index (χ0v) is 17.3. The molecule has 0 saturated heterocycles. The van der Waals surface area contributed by atoms with Crippen molar-refractivity contribution in [2.24, 2.45) is 0 Å². The summed E-state index contributed by atoms with van der Waals surface area (Å²) in [5, 5.41) is 0.976. The van der Waals surface area contributed by atoms with Crippen LogP contribution in [0, 0.1) is 5.82 Å². The van der Waals surface area contributed by atoms with E-state index in [4.69, 9.17) is 9.47 Å². The van der Waals surface area contributed by atoms with Crippen LogP contribution in [0.15, 0.2) is 54.7 Å². The van der Waals surface area contributed by atoms with E-state index < -0.39 is 5.60 Å². The number of carbonyl (C=O) groups excluding carboxylic acids is 1. The van der Waals surface area contributed by atoms with Gasteiger partial charge in [-0.15, -0.1) is 0 Å². The molecule has 0 radical (unpaired) electrons. The molecule has 0 aliphatic carbocycles. The molecule has 1 amide bonds. The third kappa shape index (κ3) is 5.50. The molecular formula is C23H27FN2O3. The van der Waals surface area contributed by atoms with Crippen molar-refractivity contribution >= 4 is 17.0 Å². The van der Waals surface area contributed by atoms with Crippen LogP contribution < -0.4 is 4.74 Å². The van der Waals surface area contributed by atoms with Gasteiger partial charge in [0.05, 0.1) is 12.1 Å². The van der Waals surface area contributed by atoms with Crippen molar-refractivity contribution in [3.05, 3.63) is 66.1 Å². The summed E-state index contributed by atoms with van der Waals surface area (Å²) in [6.45, 7) is 6.85. The monoisotopic (exact) mass is 398 g/mol. The molecule has 0 saturated carbocycles. The maximum absolute atomic E-state index is 13.5. The molecule has 0 aliphatic rings. The minimum Gasteiger partial charge on any atom is -0.491 e. The second kappa shape index (κ2) is 8.55. The number of halogens is 1. The Morgan fingerprint density at radius 1 is 1.14 bits per heavy atom. The summed E-state index contributed by atoms with van der Waals surface area (Å²) in [5.41, 5.74) is 1.38. The predicted molar refractivity (Wildman–Crippen MR) is 112 cm³/mol. The molecule has 3 aromatic rings. The standard InChI is InChI=1S/C23H27FN2O3/c1-23(2,3)29-22(27)25(4)13-14-28-21-10-6-9-20-19(21)11-12-26(20)16-17-7-5-8-18(24)15-17/h5-12,15H,13-14,16H2,1-4H3. The molecule has 0 bridgehead atoms. The Labute approximate surface area is 170 Å². The van der Waals surface area contributed by atoms with Crippen LogP contribution in [0.2, 0.25) is 0 Å². The van der Waals surface area contributed by atoms with Crippen molar-refractivity contribution in [2.45, 2.75) is 32.9 Å². The van der Waals surface area contributed by atoms with Crippen LogP contribution in [0.5, 0.6) is 5.75 Å². The van der Waals surface area contributed by atoms with Crippen molar-refractivity contribution < 1.29 is 18.7 Å². The van der Waals surface area contributed by atoms with Crippen molar-refractivity contribution in [1.82, 2.24) is 9.47 Å². The van der Waals surface area contributed by atoms with Crippen molar-refractivity contribution in [1.29, 1.82) is 0 Å². The molecule has 1 heterocycles. The first-order valence-corrected chi connectivity index (χ1v) is 9.62. The number of fused-ring (bicyclic) bond motifs is 1. The SMILES string of the molecule is CN(CCOc1cccc2c1ccn2Cc1cccc(F)c1)C(=O)OC(C)(C)C. The summed E-state index contributed by atoms with van der Waals surface area (Å²) < 4.78 is 26.8. The molecule has 3 rings (SSSR count). The second-order valence-corrected chi connectivity index (χ2v) is 8.01. The third-order valence-corrected chi connectivity index (χ3v) is 4.41. The van der Waals surface area contributed by atoms with Crippen molar-refractivity contribution in [3.63, 3.8) is 0 Å². The van der Waals surface area contributed by atoms with Crippen molar-refractivity contribution in [2.75, 3.05) is 20.2 Å². The molecule has 0 aliphatic heterocycles. The zero-order chi connectivity index (χ0) is 21.0. The average Bonchev–Trinajstić information content (AvgIpc) is 3.04. The highest BCUT2D eigenvalue weighted by atomic mass is 19.1. The van der Waals surface area contributed by atoms with Gasteiger partial charge in [0.1, 0.15) is 23.8 Å². The predicted octanol–water partition coefficient (Wildman–Crippen LogP) is 5.07. The van der Waals surface area contributed by atoms with Gasteiger partial charge in [0, 0.05) is 25.2 Å². The molecule has 29 heavy (non-hydrogen) atoms. The molecule has 154 valence electrons. The molecule has 0 N–H and O–H groups in total. The van der Waals surface area contributed by atoms with E-state index in [2.05, 4.69) is 4.57 Å². The Hall–Kier alpha value is -3.02. The summed E-state index contributed by atoms with van der Waals surface area (Å²) in [6, 6.07) is 14.4. The zero-order valence-electron chi connectivity index (χ0n) is 17.3. The Kier molecular flexibility index (Phi) is 6.11. The van der Waals surface area contributed by atoms with Gasteiger partial charge in [-0.3, -0.25) is 0 Å². The van der Waals surface area contributed by atoms with E-state index >= 15 is 0 Å². The summed E-state index contributed by atoms with van der Waals surface area (Å²) in [6.07, 6.45) is 1.59. The van der Waals surface area contributed by atoms with Crippen LogP contribution in [0.4, 0.5) is 9.18 Å². The van der Waals surface area contributed by atoms with Crippen LogP contribution in [0.1, 0.15) is 26.3 Å². The maximum Gasteiger partial charge on any atom is 0.410 e. The van der Waals surface area contributed by atoms with Gasteiger partial charge in [-0.1, -0.05) is 18.2 Å². The number of rotatable bonds is 6. The lowest BCUT2D eigenvalue weighted by atomic mass is 10.2. The van der Waals surface area contributed by atoms with Gasteiger partial charge in [-0.05, 0) is 56.7 Å². The molecule has 5 nitrogen and oxygen atoms in total. The van der Waals surface area contributed by atoms with E-state index in [9.17, 15) is 9.18 Å². The van der Waals surface area contributed by atoms with E-state index in [0.29, 0.717) is 19.7 Å². The number of carbonyl (C=O) groups is 1. The quantitative estimate of drug-likeness (QED) is 0.582. The van der Waals surface area contributed by atoms with E-state index in [1.165, 1.54) is 11.0 Å². The lowest BCUT2D eigenvalue weighted by Gasteiger charge is -2.24. The topological polar surface area (TPSA) is 43.7 Å². The van der Waals surface area contributed by atoms with Gasteiger partial charge >= 0.3 is 6.09 Å². The molecule has 2 aromatic carbocycles. The Morgan fingerprint density at radius 3 is 2.62 bits per heavy atom. The van der Waals surface area contributed by atoms with Crippen molar-refractivity contribution in [3.8, 4) is 5.75 Å². The number of aromatic nitrogens is 1. The summed E-state index contributed by atoms with van der Waals surface area (Å²) in [4.78, 5) is 13.5. The van der Waals surface area contributed by atoms with Gasteiger partial charge in [0.2, 0.25) is 0 Å². The lowest BCUT2D eigenvalue weighted by molar-refractivity contribution is 0.0278. The molecule has 0 spiro atoms. The largest absolute Gasteiger partial charge is 0.491 e. The molecule has 1 aromatic heterocycles. The fourth-order valence-corrected chi connectivity index (χ4v) is 3.01. The average molecular weight is 398 g/mol. The number of amides is 1. The van der Waals surface area contributed by atoms with Gasteiger partial charge < -0.3 is 18.9 Å². The minimum atomic E-state index is -0.525. The van der Waals surface area contributed by atoms with E-state index in [1.54, 1.807) is 19.2 Å². The fourth-order valence-electron chi connectivity index (χ4n) is 3.01. The number of ether oxygens (including phenoxy) is 2. The number of hydrogen-bond donors (Lipinski definition) is 0. The van der Waals surface area contributed by atoms with E-state index in [-0.39, 0.29) is 11.9 Å². The summed E-state index contributed by atoms with van der Waals surface area (Å²) in [5.74, 6) is 0.509. The molecule has 6 heteroatoms. The van der Waals surface area contributed by atoms with Crippen LogP contribution in [-0.4, -0.2) is 41.4 Å². The first-order valence-electron chi connectivity index (χ1n) is 9.62.